The molecule has 6 nitrogen and oxygen atoms in total. The van der Waals surface area contributed by atoms with Crippen molar-refractivity contribution in [2.75, 3.05) is 4.31 Å². The molecule has 0 N–H and O–H groups in total. The Bertz CT molecular complexity index is 1150. The molecule has 9 heteroatoms. The predicted molar refractivity (Wildman–Crippen MR) is 115 cm³/mol. The monoisotopic (exact) mass is 443 g/mol. The average Bonchev–Trinajstić information content (AvgIpc) is 3.44. The zero-order valence-corrected chi connectivity index (χ0v) is 17.7. The van der Waals surface area contributed by atoms with Crippen LogP contribution in [0.2, 0.25) is 0 Å². The van der Waals surface area contributed by atoms with Gasteiger partial charge < -0.3 is 4.74 Å². The van der Waals surface area contributed by atoms with Crippen molar-refractivity contribution in [1.82, 2.24) is 9.97 Å². The van der Waals surface area contributed by atoms with Crippen LogP contribution in [0.5, 0.6) is 5.75 Å². The second kappa shape index (κ2) is 8.73. The van der Waals surface area contributed by atoms with Crippen LogP contribution >= 0.6 is 22.7 Å². The molecule has 0 atom stereocenters. The molecule has 0 fully saturated rings. The van der Waals surface area contributed by atoms with Crippen molar-refractivity contribution in [2.24, 2.45) is 0 Å². The number of thiazole rings is 2. The summed E-state index contributed by atoms with van der Waals surface area (Å²) in [5, 5.41) is 4.79. The number of benzene rings is 2. The molecular formula is C20H17N3O3S3. The number of para-hydroxylation sites is 1. The Morgan fingerprint density at radius 2 is 1.69 bits per heavy atom. The Morgan fingerprint density at radius 1 is 0.966 bits per heavy atom. The van der Waals surface area contributed by atoms with Crippen LogP contribution in [0.25, 0.3) is 0 Å². The summed E-state index contributed by atoms with van der Waals surface area (Å²) in [6.07, 6.45) is 1.59. The Kier molecular flexibility index (Phi) is 5.89. The molecule has 0 aliphatic heterocycles. The van der Waals surface area contributed by atoms with Crippen LogP contribution in [0.15, 0.2) is 82.5 Å². The fourth-order valence-electron chi connectivity index (χ4n) is 2.61. The van der Waals surface area contributed by atoms with Crippen molar-refractivity contribution in [3.05, 3.63) is 88.3 Å². The summed E-state index contributed by atoms with van der Waals surface area (Å²) in [5.41, 5.74) is 0.649. The molecule has 0 saturated heterocycles. The van der Waals surface area contributed by atoms with Crippen molar-refractivity contribution in [3.63, 3.8) is 0 Å². The number of aromatic nitrogens is 2. The van der Waals surface area contributed by atoms with Gasteiger partial charge in [0.15, 0.2) is 5.13 Å². The minimum absolute atomic E-state index is 0.104. The van der Waals surface area contributed by atoms with E-state index in [1.807, 2.05) is 35.7 Å². The van der Waals surface area contributed by atoms with Gasteiger partial charge in [0.05, 0.1) is 17.1 Å². The summed E-state index contributed by atoms with van der Waals surface area (Å²) in [5.74, 6) is 0.764. The maximum Gasteiger partial charge on any atom is 0.266 e. The highest BCUT2D eigenvalue weighted by atomic mass is 32.2. The summed E-state index contributed by atoms with van der Waals surface area (Å²) in [6.45, 7) is 0.434. The van der Waals surface area contributed by atoms with Gasteiger partial charge in [-0.15, -0.1) is 22.7 Å². The zero-order valence-electron chi connectivity index (χ0n) is 15.2. The first-order valence-electron chi connectivity index (χ1n) is 8.71. The van der Waals surface area contributed by atoms with E-state index in [0.29, 0.717) is 17.4 Å². The molecular weight excluding hydrogens is 426 g/mol. The fraction of sp³-hybridized carbons (Fsp3) is 0.100. The molecule has 148 valence electrons. The lowest BCUT2D eigenvalue weighted by Gasteiger charge is -2.20. The summed E-state index contributed by atoms with van der Waals surface area (Å²) >= 11 is 2.71. The topological polar surface area (TPSA) is 72.4 Å². The molecule has 0 amide bonds. The molecule has 4 aromatic rings. The van der Waals surface area contributed by atoms with Gasteiger partial charge in [-0.3, -0.25) is 0 Å². The van der Waals surface area contributed by atoms with Crippen molar-refractivity contribution in [3.8, 4) is 5.75 Å². The van der Waals surface area contributed by atoms with E-state index in [-0.39, 0.29) is 11.4 Å². The standard InChI is InChI=1S/C20H17N3O3S3/c24-29(25,18-9-5-2-6-10-18)23(20-21-11-12-27-20)13-16-15-28-19(22-16)14-26-17-7-3-1-4-8-17/h1-12,15H,13-14H2. The Balaban J connectivity index is 1.54. The molecule has 2 aromatic heterocycles. The van der Waals surface area contributed by atoms with E-state index in [0.717, 1.165) is 10.8 Å². The van der Waals surface area contributed by atoms with Crippen molar-refractivity contribution in [1.29, 1.82) is 0 Å². The van der Waals surface area contributed by atoms with E-state index in [9.17, 15) is 8.42 Å². The maximum atomic E-state index is 13.2. The number of anilines is 1. The second-order valence-electron chi connectivity index (χ2n) is 5.97. The van der Waals surface area contributed by atoms with E-state index in [1.54, 1.807) is 41.9 Å². The van der Waals surface area contributed by atoms with Gasteiger partial charge in [0.2, 0.25) is 0 Å². The van der Waals surface area contributed by atoms with Gasteiger partial charge in [-0.1, -0.05) is 36.4 Å². The molecule has 0 bridgehead atoms. The van der Waals surface area contributed by atoms with Crippen LogP contribution < -0.4 is 9.04 Å². The number of nitrogens with zero attached hydrogens (tertiary/aromatic N) is 3. The zero-order chi connectivity index (χ0) is 20.1. The third-order valence-corrected chi connectivity index (χ3v) is 7.51. The Morgan fingerprint density at radius 3 is 2.38 bits per heavy atom. The van der Waals surface area contributed by atoms with E-state index >= 15 is 0 Å². The molecule has 0 radical (unpaired) electrons. The van der Waals surface area contributed by atoms with Gasteiger partial charge >= 0.3 is 0 Å². The Hall–Kier alpha value is -2.75. The van der Waals surface area contributed by atoms with E-state index < -0.39 is 10.0 Å². The van der Waals surface area contributed by atoms with Crippen LogP contribution in [0.1, 0.15) is 10.7 Å². The molecule has 0 aliphatic rings. The molecule has 2 heterocycles. The highest BCUT2D eigenvalue weighted by Gasteiger charge is 2.27. The first-order chi connectivity index (χ1) is 14.1. The third-order valence-electron chi connectivity index (χ3n) is 3.97. The minimum Gasteiger partial charge on any atom is -0.486 e. The van der Waals surface area contributed by atoms with E-state index in [4.69, 9.17) is 4.74 Å². The fourth-order valence-corrected chi connectivity index (χ4v) is 5.59. The summed E-state index contributed by atoms with van der Waals surface area (Å²) < 4.78 is 33.4. The first-order valence-corrected chi connectivity index (χ1v) is 11.9. The van der Waals surface area contributed by atoms with Gasteiger partial charge in [-0.05, 0) is 24.3 Å². The average molecular weight is 444 g/mol. The molecule has 0 unspecified atom stereocenters. The minimum atomic E-state index is -3.75. The van der Waals surface area contributed by atoms with E-state index in [2.05, 4.69) is 9.97 Å². The second-order valence-corrected chi connectivity index (χ2v) is 9.65. The van der Waals surface area contributed by atoms with Crippen molar-refractivity contribution >= 4 is 37.8 Å². The Labute approximate surface area is 177 Å². The van der Waals surface area contributed by atoms with Gasteiger partial charge in [0.1, 0.15) is 17.4 Å². The number of sulfonamides is 1. The highest BCUT2D eigenvalue weighted by Crippen LogP contribution is 2.28. The van der Waals surface area contributed by atoms with Gasteiger partial charge in [-0.2, -0.15) is 0 Å². The van der Waals surface area contributed by atoms with Crippen LogP contribution in [-0.2, 0) is 23.2 Å². The van der Waals surface area contributed by atoms with Gasteiger partial charge in [0.25, 0.3) is 10.0 Å². The normalized spacial score (nSPS) is 11.3. The molecule has 2 aromatic carbocycles. The van der Waals surface area contributed by atoms with E-state index in [1.165, 1.54) is 27.0 Å². The predicted octanol–water partition coefficient (Wildman–Crippen LogP) is 4.57. The lowest BCUT2D eigenvalue weighted by Crippen LogP contribution is -2.30. The molecule has 0 spiro atoms. The van der Waals surface area contributed by atoms with Crippen molar-refractivity contribution < 1.29 is 13.2 Å². The quantitative estimate of drug-likeness (QED) is 0.399. The number of hydrogen-bond acceptors (Lipinski definition) is 7. The van der Waals surface area contributed by atoms with Gasteiger partial charge in [0, 0.05) is 17.0 Å². The van der Waals surface area contributed by atoms with Gasteiger partial charge in [-0.25, -0.2) is 22.7 Å². The van der Waals surface area contributed by atoms with Crippen LogP contribution in [-0.4, -0.2) is 18.4 Å². The number of hydrogen-bond donors (Lipinski definition) is 0. The molecule has 0 aliphatic carbocycles. The molecule has 29 heavy (non-hydrogen) atoms. The smallest absolute Gasteiger partial charge is 0.266 e. The third kappa shape index (κ3) is 4.64. The summed E-state index contributed by atoms with van der Waals surface area (Å²) in [6, 6.07) is 17.8. The largest absolute Gasteiger partial charge is 0.486 e. The van der Waals surface area contributed by atoms with Crippen LogP contribution in [0.4, 0.5) is 5.13 Å². The lowest BCUT2D eigenvalue weighted by atomic mass is 10.3. The highest BCUT2D eigenvalue weighted by molar-refractivity contribution is 7.93. The van der Waals surface area contributed by atoms with Crippen LogP contribution in [0.3, 0.4) is 0 Å². The van der Waals surface area contributed by atoms with Crippen molar-refractivity contribution in [2.45, 2.75) is 18.0 Å². The SMILES string of the molecule is O=S(=O)(c1ccccc1)N(Cc1csc(COc2ccccc2)n1)c1nccs1. The number of ether oxygens (including phenoxy) is 1. The summed E-state index contributed by atoms with van der Waals surface area (Å²) in [7, 11) is -3.75. The summed E-state index contributed by atoms with van der Waals surface area (Å²) in [4.78, 5) is 8.97. The molecule has 0 saturated carbocycles. The molecule has 4 rings (SSSR count). The maximum absolute atomic E-state index is 13.2. The van der Waals surface area contributed by atoms with Crippen LogP contribution in [0, 0.1) is 0 Å². The number of rotatable bonds is 8. The lowest BCUT2D eigenvalue weighted by molar-refractivity contribution is 0.305. The first kappa shape index (κ1) is 19.6.